The second-order valence-corrected chi connectivity index (χ2v) is 8.71. The molecule has 2 aromatic carbocycles. The number of amides is 1. The lowest BCUT2D eigenvalue weighted by atomic mass is 9.75. The molecular weight excluding hydrogens is 389 g/mol. The van der Waals surface area contributed by atoms with E-state index in [0.717, 1.165) is 29.5 Å². The molecule has 3 saturated heterocycles. The zero-order valence-corrected chi connectivity index (χ0v) is 16.7. The van der Waals surface area contributed by atoms with Crippen LogP contribution in [0.1, 0.15) is 42.0 Å². The molecule has 4 heterocycles. The average Bonchev–Trinajstić information content (AvgIpc) is 2.76. The number of fused-ring (bicyclic) bond motifs is 4. The number of hydrogen-bond acceptors (Lipinski definition) is 2. The molecule has 4 aliphatic heterocycles. The van der Waals surface area contributed by atoms with Crippen molar-refractivity contribution in [2.24, 2.45) is 11.8 Å². The molecule has 0 unspecified atom stereocenters. The lowest BCUT2D eigenvalue weighted by Gasteiger charge is -2.50. The third-order valence-corrected chi connectivity index (χ3v) is 7.16. The summed E-state index contributed by atoms with van der Waals surface area (Å²) in [6.07, 6.45) is 2.01. The van der Waals surface area contributed by atoms with Gasteiger partial charge in [-0.2, -0.15) is 8.78 Å². The van der Waals surface area contributed by atoms with E-state index >= 15 is 0 Å². The van der Waals surface area contributed by atoms with E-state index in [9.17, 15) is 18.0 Å². The van der Waals surface area contributed by atoms with Gasteiger partial charge in [-0.1, -0.05) is 36.4 Å². The summed E-state index contributed by atoms with van der Waals surface area (Å²) >= 11 is 0. The fourth-order valence-corrected chi connectivity index (χ4v) is 5.55. The zero-order chi connectivity index (χ0) is 20.9. The van der Waals surface area contributed by atoms with Gasteiger partial charge in [0.2, 0.25) is 5.91 Å². The van der Waals surface area contributed by atoms with E-state index in [1.165, 1.54) is 17.0 Å². The van der Waals surface area contributed by atoms with Crippen LogP contribution in [0.4, 0.5) is 13.2 Å². The van der Waals surface area contributed by atoms with Crippen LogP contribution in [-0.4, -0.2) is 41.4 Å². The average molecular weight is 414 g/mol. The number of alkyl halides is 2. The smallest absolute Gasteiger partial charge is 0.308 e. The molecule has 0 N–H and O–H groups in total. The quantitative estimate of drug-likeness (QED) is 0.684. The van der Waals surface area contributed by atoms with E-state index in [1.807, 2.05) is 24.3 Å². The molecule has 1 amide bonds. The Hall–Kier alpha value is -2.34. The van der Waals surface area contributed by atoms with Gasteiger partial charge in [0.05, 0.1) is 6.04 Å². The monoisotopic (exact) mass is 414 g/mol. The largest absolute Gasteiger partial charge is 0.331 e. The second-order valence-electron chi connectivity index (χ2n) is 8.71. The highest BCUT2D eigenvalue weighted by Crippen LogP contribution is 2.48. The predicted octanol–water partition coefficient (Wildman–Crippen LogP) is 4.62. The standard InChI is InChI=1S/C24H25F3N2O/c25-19-7-5-18(6-8-19)23-20-4-2-1-3-16(20)11-14-29(23)22(30)15-21-17-9-12-28(13-10-17)24(21,26)27/h1-8,17,21,23H,9-15H2/t21-,23-/m0/s1. The summed E-state index contributed by atoms with van der Waals surface area (Å²) in [7, 11) is 0. The maximum Gasteiger partial charge on any atom is 0.308 e. The van der Waals surface area contributed by atoms with Crippen molar-refractivity contribution in [2.75, 3.05) is 19.6 Å². The van der Waals surface area contributed by atoms with Gasteiger partial charge in [-0.25, -0.2) is 9.29 Å². The van der Waals surface area contributed by atoms with Crippen LogP contribution >= 0.6 is 0 Å². The molecule has 2 atom stereocenters. The number of nitrogens with zero attached hydrogens (tertiary/aromatic N) is 2. The number of piperidine rings is 3. The number of benzene rings is 2. The van der Waals surface area contributed by atoms with Crippen molar-refractivity contribution in [3.05, 3.63) is 71.0 Å². The summed E-state index contributed by atoms with van der Waals surface area (Å²) in [4.78, 5) is 16.4. The zero-order valence-electron chi connectivity index (χ0n) is 16.7. The third-order valence-electron chi connectivity index (χ3n) is 7.16. The Bertz CT molecular complexity index is 938. The Morgan fingerprint density at radius 2 is 1.70 bits per heavy atom. The summed E-state index contributed by atoms with van der Waals surface area (Å²) in [5.41, 5.74) is 2.94. The highest BCUT2D eigenvalue weighted by atomic mass is 19.3. The van der Waals surface area contributed by atoms with Crippen LogP contribution in [0.5, 0.6) is 0 Å². The molecule has 0 aromatic heterocycles. The van der Waals surface area contributed by atoms with Gasteiger partial charge < -0.3 is 4.90 Å². The SMILES string of the molecule is O=C(C[C@H]1C2CCN(CC2)C1(F)F)N1CCc2ccccc2[C@@H]1c1ccc(F)cc1. The van der Waals surface area contributed by atoms with Gasteiger partial charge in [-0.05, 0) is 54.0 Å². The highest BCUT2D eigenvalue weighted by Gasteiger charge is 2.56. The predicted molar refractivity (Wildman–Crippen MR) is 107 cm³/mol. The maximum atomic E-state index is 14.9. The van der Waals surface area contributed by atoms with Crippen molar-refractivity contribution in [3.8, 4) is 0 Å². The molecule has 3 fully saturated rings. The lowest BCUT2D eigenvalue weighted by molar-refractivity contribution is -0.248. The Kier molecular flexibility index (Phi) is 4.85. The molecule has 0 saturated carbocycles. The van der Waals surface area contributed by atoms with Crippen LogP contribution in [0.15, 0.2) is 48.5 Å². The minimum atomic E-state index is -2.92. The molecule has 2 aromatic rings. The molecule has 6 heteroatoms. The molecule has 0 spiro atoms. The van der Waals surface area contributed by atoms with Gasteiger partial charge in [0.15, 0.2) is 0 Å². The molecular formula is C24H25F3N2O. The Morgan fingerprint density at radius 1 is 1.00 bits per heavy atom. The summed E-state index contributed by atoms with van der Waals surface area (Å²) in [5.74, 6) is -1.61. The molecule has 6 rings (SSSR count). The van der Waals surface area contributed by atoms with Crippen LogP contribution in [0.2, 0.25) is 0 Å². The Morgan fingerprint density at radius 3 is 2.40 bits per heavy atom. The first-order valence-electron chi connectivity index (χ1n) is 10.7. The molecule has 3 nitrogen and oxygen atoms in total. The molecule has 30 heavy (non-hydrogen) atoms. The normalized spacial score (nSPS) is 29.5. The van der Waals surface area contributed by atoms with Crippen molar-refractivity contribution in [1.82, 2.24) is 9.80 Å². The van der Waals surface area contributed by atoms with Crippen LogP contribution < -0.4 is 0 Å². The van der Waals surface area contributed by atoms with Gasteiger partial charge in [0.25, 0.3) is 0 Å². The van der Waals surface area contributed by atoms with Crippen molar-refractivity contribution < 1.29 is 18.0 Å². The van der Waals surface area contributed by atoms with Gasteiger partial charge >= 0.3 is 6.05 Å². The number of hydrogen-bond donors (Lipinski definition) is 0. The van der Waals surface area contributed by atoms with Gasteiger partial charge in [0.1, 0.15) is 5.82 Å². The topological polar surface area (TPSA) is 23.6 Å². The second kappa shape index (κ2) is 7.41. The van der Waals surface area contributed by atoms with E-state index in [2.05, 4.69) is 0 Å². The van der Waals surface area contributed by atoms with E-state index < -0.39 is 12.0 Å². The van der Waals surface area contributed by atoms with Crippen LogP contribution in [0.3, 0.4) is 0 Å². The number of halogens is 3. The van der Waals surface area contributed by atoms with Gasteiger partial charge in [0, 0.05) is 32.0 Å². The number of rotatable bonds is 3. The fraction of sp³-hybridized carbons (Fsp3) is 0.458. The van der Waals surface area contributed by atoms with Crippen molar-refractivity contribution in [2.45, 2.75) is 37.8 Å². The van der Waals surface area contributed by atoms with Gasteiger partial charge in [-0.3, -0.25) is 4.79 Å². The first-order chi connectivity index (χ1) is 14.4. The lowest BCUT2D eigenvalue weighted by Crippen LogP contribution is -2.60. The van der Waals surface area contributed by atoms with E-state index in [1.54, 1.807) is 17.0 Å². The van der Waals surface area contributed by atoms with Crippen LogP contribution in [0, 0.1) is 17.7 Å². The summed E-state index contributed by atoms with van der Waals surface area (Å²) < 4.78 is 43.3. The first kappa shape index (κ1) is 19.6. The van der Waals surface area contributed by atoms with Crippen molar-refractivity contribution in [1.29, 1.82) is 0 Å². The molecule has 2 bridgehead atoms. The van der Waals surface area contributed by atoms with Crippen molar-refractivity contribution >= 4 is 5.91 Å². The van der Waals surface area contributed by atoms with E-state index in [-0.39, 0.29) is 30.1 Å². The Labute approximate surface area is 174 Å². The minimum absolute atomic E-state index is 0.102. The van der Waals surface area contributed by atoms with E-state index in [4.69, 9.17) is 0 Å². The highest BCUT2D eigenvalue weighted by molar-refractivity contribution is 5.78. The van der Waals surface area contributed by atoms with Crippen LogP contribution in [-0.2, 0) is 11.2 Å². The van der Waals surface area contributed by atoms with Crippen LogP contribution in [0.25, 0.3) is 0 Å². The Balaban J connectivity index is 1.46. The number of carbonyl (C=O) groups is 1. The third kappa shape index (κ3) is 3.22. The molecule has 4 aliphatic rings. The summed E-state index contributed by atoms with van der Waals surface area (Å²) in [6, 6.07) is 10.7. The first-order valence-corrected chi connectivity index (χ1v) is 10.7. The minimum Gasteiger partial charge on any atom is -0.331 e. The molecule has 0 radical (unpaired) electrons. The molecule has 158 valence electrons. The van der Waals surface area contributed by atoms with Gasteiger partial charge in [-0.15, -0.1) is 0 Å². The van der Waals surface area contributed by atoms with E-state index in [0.29, 0.717) is 26.1 Å². The maximum absolute atomic E-state index is 14.9. The summed E-state index contributed by atoms with van der Waals surface area (Å²) in [5, 5.41) is 0. The summed E-state index contributed by atoms with van der Waals surface area (Å²) in [6.45, 7) is 1.31. The number of carbonyl (C=O) groups excluding carboxylic acids is 1. The van der Waals surface area contributed by atoms with Crippen molar-refractivity contribution in [3.63, 3.8) is 0 Å². The molecule has 0 aliphatic carbocycles. The fourth-order valence-electron chi connectivity index (χ4n) is 5.55.